The van der Waals surface area contributed by atoms with Gasteiger partial charge in [0.1, 0.15) is 4.90 Å². The van der Waals surface area contributed by atoms with Crippen LogP contribution in [0.2, 0.25) is 0 Å². The van der Waals surface area contributed by atoms with Gasteiger partial charge in [-0.25, -0.2) is 26.4 Å². The third-order valence-electron chi connectivity index (χ3n) is 12.1. The number of carboxylic acid groups (broad SMARTS) is 1. The topological polar surface area (TPSA) is 173 Å². The number of piperidine rings is 1. The molecule has 2 aliphatic rings. The van der Waals surface area contributed by atoms with Gasteiger partial charge in [0.2, 0.25) is 0 Å². The molecule has 2 amide bonds. The highest BCUT2D eigenvalue weighted by atomic mass is 32.2. The molecule has 3 atom stereocenters. The number of aliphatic hydroxyl groups is 1. The minimum atomic E-state index is -6.19. The highest BCUT2D eigenvalue weighted by Crippen LogP contribution is 2.40. The lowest BCUT2D eigenvalue weighted by Crippen LogP contribution is -2.39. The van der Waals surface area contributed by atoms with E-state index in [1.54, 1.807) is 66.7 Å². The van der Waals surface area contributed by atoms with Gasteiger partial charge >= 0.3 is 17.8 Å². The molecule has 68 heavy (non-hydrogen) atoms. The van der Waals surface area contributed by atoms with Crippen molar-refractivity contribution in [1.29, 1.82) is 0 Å². The molecular weight excluding hydrogens is 959 g/mol. The Labute approximate surface area is 393 Å². The van der Waals surface area contributed by atoms with Gasteiger partial charge in [0.25, 0.3) is 25.8 Å². The fourth-order valence-electron chi connectivity index (χ4n) is 8.55. The number of hydrogen-bond donors (Lipinski definition) is 4. The van der Waals surface area contributed by atoms with Crippen LogP contribution in [0.15, 0.2) is 136 Å². The highest BCUT2D eigenvalue weighted by Gasteiger charge is 2.49. The van der Waals surface area contributed by atoms with E-state index >= 15 is 0 Å². The molecule has 4 N–H and O–H groups in total. The second kappa shape index (κ2) is 20.4. The van der Waals surface area contributed by atoms with E-state index in [9.17, 15) is 63.0 Å². The Morgan fingerprint density at radius 3 is 2.06 bits per heavy atom. The minimum Gasteiger partial charge on any atom is -0.465 e. The summed E-state index contributed by atoms with van der Waals surface area (Å²) in [6, 6.07) is 27.2. The number of thioether (sulfide) groups is 1. The predicted octanol–water partition coefficient (Wildman–Crippen LogP) is 9.84. The maximum absolute atomic E-state index is 14.2. The van der Waals surface area contributed by atoms with Gasteiger partial charge in [0.05, 0.1) is 22.3 Å². The number of benzene rings is 5. The van der Waals surface area contributed by atoms with E-state index < -0.39 is 82.8 Å². The number of nitrogens with zero attached hydrogens (tertiary/aromatic N) is 2. The maximum atomic E-state index is 14.2. The third kappa shape index (κ3) is 11.6. The first-order valence-corrected chi connectivity index (χ1v) is 25.3. The molecule has 7 rings (SSSR count). The third-order valence-corrected chi connectivity index (χ3v) is 16.1. The lowest BCUT2D eigenvalue weighted by atomic mass is 9.84. The Kier molecular flexibility index (Phi) is 15.1. The smallest absolute Gasteiger partial charge is 0.465 e. The number of carbonyl (C=O) groups excluding carboxylic acids is 1. The number of likely N-dealkylation sites (tertiary alicyclic amines) is 1. The molecule has 12 nitrogen and oxygen atoms in total. The largest absolute Gasteiger partial charge is 0.501 e. The van der Waals surface area contributed by atoms with Gasteiger partial charge < -0.3 is 25.3 Å². The first-order valence-electron chi connectivity index (χ1n) is 21.4. The van der Waals surface area contributed by atoms with Crippen LogP contribution in [0.4, 0.5) is 42.5 Å². The molecule has 0 aliphatic carbocycles. The predicted molar refractivity (Wildman–Crippen MR) is 245 cm³/mol. The van der Waals surface area contributed by atoms with E-state index in [1.807, 2.05) is 9.62 Å². The SMILES string of the molecule is O=C(NS(=O)(=O)c1ccc(NC(CSc2ccccc2)C[C@@H]2CCCN2C(=O)O)c(S(=O)(=O)C(F)(F)F)c1)c1ccc(N2CCC(C(O)c3ccccc3-c3ccc(C(F)(F)F)cc3)CC2)cc1. The number of halogens is 6. The summed E-state index contributed by atoms with van der Waals surface area (Å²) >= 11 is 1.30. The zero-order chi connectivity index (χ0) is 49.0. The molecular formula is C47H46F6N4O8S3. The Morgan fingerprint density at radius 1 is 0.779 bits per heavy atom. The molecule has 21 heteroatoms. The van der Waals surface area contributed by atoms with Gasteiger partial charge in [-0.05, 0) is 121 Å². The molecule has 0 radical (unpaired) electrons. The van der Waals surface area contributed by atoms with E-state index in [0.29, 0.717) is 67.2 Å². The van der Waals surface area contributed by atoms with Crippen molar-refractivity contribution in [2.24, 2.45) is 5.92 Å². The van der Waals surface area contributed by atoms with Crippen LogP contribution < -0.4 is 14.9 Å². The summed E-state index contributed by atoms with van der Waals surface area (Å²) in [5, 5.41) is 24.0. The number of sulfone groups is 1. The first-order chi connectivity index (χ1) is 32.1. The van der Waals surface area contributed by atoms with Gasteiger partial charge in [-0.3, -0.25) is 4.79 Å². The number of anilines is 2. The number of hydrogen-bond acceptors (Lipinski definition) is 10. The van der Waals surface area contributed by atoms with Crippen LogP contribution in [-0.2, 0) is 26.0 Å². The maximum Gasteiger partial charge on any atom is 0.501 e. The zero-order valence-electron chi connectivity index (χ0n) is 36.0. The number of aliphatic hydroxyl groups excluding tert-OH is 1. The number of nitrogens with one attached hydrogen (secondary N) is 2. The van der Waals surface area contributed by atoms with Crippen molar-refractivity contribution in [3.05, 3.63) is 138 Å². The van der Waals surface area contributed by atoms with Crippen molar-refractivity contribution in [3.8, 4) is 11.1 Å². The first kappa shape index (κ1) is 50.1. The normalized spacial score (nSPS) is 17.1. The average Bonchev–Trinajstić information content (AvgIpc) is 3.79. The van der Waals surface area contributed by atoms with Gasteiger partial charge in [-0.2, -0.15) is 26.3 Å². The van der Waals surface area contributed by atoms with Crippen LogP contribution in [0.5, 0.6) is 0 Å². The van der Waals surface area contributed by atoms with E-state index in [2.05, 4.69) is 5.32 Å². The van der Waals surface area contributed by atoms with Crippen LogP contribution in [0.3, 0.4) is 0 Å². The molecule has 0 saturated carbocycles. The van der Waals surface area contributed by atoms with E-state index in [1.165, 1.54) is 40.9 Å². The molecule has 2 unspecified atom stereocenters. The zero-order valence-corrected chi connectivity index (χ0v) is 38.4. The molecule has 2 saturated heterocycles. The summed E-state index contributed by atoms with van der Waals surface area (Å²) in [7, 11) is -11.2. The fourth-order valence-corrected chi connectivity index (χ4v) is 11.5. The van der Waals surface area contributed by atoms with Gasteiger partial charge in [0, 0.05) is 53.6 Å². The second-order valence-electron chi connectivity index (χ2n) is 16.5. The fraction of sp³-hybridized carbons (Fsp3) is 0.319. The van der Waals surface area contributed by atoms with Gasteiger partial charge in [0.15, 0.2) is 0 Å². The molecule has 0 spiro atoms. The van der Waals surface area contributed by atoms with Crippen LogP contribution >= 0.6 is 11.8 Å². The number of sulfonamides is 1. The van der Waals surface area contributed by atoms with Gasteiger partial charge in [-0.15, -0.1) is 11.8 Å². The summed E-state index contributed by atoms with van der Waals surface area (Å²) in [5.41, 5.74) is -4.96. The number of alkyl halides is 6. The summed E-state index contributed by atoms with van der Waals surface area (Å²) < 4.78 is 137. The van der Waals surface area contributed by atoms with Crippen molar-refractivity contribution >= 4 is 55.0 Å². The van der Waals surface area contributed by atoms with Crippen LogP contribution in [0.1, 0.15) is 59.7 Å². The summed E-state index contributed by atoms with van der Waals surface area (Å²) in [4.78, 5) is 26.9. The summed E-state index contributed by atoms with van der Waals surface area (Å²) in [6.07, 6.45) is -4.41. The quantitative estimate of drug-likeness (QED) is 0.0581. The molecule has 0 bridgehead atoms. The van der Waals surface area contributed by atoms with Crippen LogP contribution in [-0.4, -0.2) is 86.9 Å². The Morgan fingerprint density at radius 2 is 1.43 bits per heavy atom. The Balaban J connectivity index is 1.03. The molecule has 5 aromatic rings. The van der Waals surface area contributed by atoms with Crippen molar-refractivity contribution in [1.82, 2.24) is 9.62 Å². The van der Waals surface area contributed by atoms with Crippen molar-refractivity contribution in [3.63, 3.8) is 0 Å². The van der Waals surface area contributed by atoms with Crippen LogP contribution in [0, 0.1) is 5.92 Å². The number of carbonyl (C=O) groups is 2. The Bertz CT molecular complexity index is 2810. The van der Waals surface area contributed by atoms with Crippen molar-refractivity contribution in [2.45, 2.75) is 76.7 Å². The number of rotatable bonds is 15. The molecule has 362 valence electrons. The summed E-state index contributed by atoms with van der Waals surface area (Å²) in [5.74, 6) is -1.18. The van der Waals surface area contributed by atoms with E-state index in [-0.39, 0.29) is 30.2 Å². The lowest BCUT2D eigenvalue weighted by molar-refractivity contribution is -0.137. The van der Waals surface area contributed by atoms with Crippen LogP contribution in [0.25, 0.3) is 11.1 Å². The highest BCUT2D eigenvalue weighted by molar-refractivity contribution is 7.99. The molecule has 2 aliphatic heterocycles. The second-order valence-corrected chi connectivity index (χ2v) is 21.2. The molecule has 2 fully saturated rings. The molecule has 2 heterocycles. The average molecular weight is 1010 g/mol. The van der Waals surface area contributed by atoms with E-state index in [0.717, 1.165) is 29.2 Å². The molecule has 0 aromatic heterocycles. The monoisotopic (exact) mass is 1000 g/mol. The standard InChI is InChI=1S/C47H46F6N4O8S3/c48-46(49,50)33-16-12-30(13-17-33)39-10-4-5-11-40(39)43(58)31-22-25-56(26-23-31)35-18-14-32(15-19-35)44(59)55-68(64,65)38-20-21-41(42(28-38)67(62,63)47(51,52)53)54-34(29-66-37-8-2-1-3-9-37)27-36-7-6-24-57(36)45(60)61/h1-5,8-21,28,31,34,36,43,54,58H,6-7,22-27,29H2,(H,55,59)(H,60,61)/t34?,36-,43?/m0/s1. The van der Waals surface area contributed by atoms with Crippen molar-refractivity contribution < 1.29 is 63.0 Å². The van der Waals surface area contributed by atoms with Gasteiger partial charge in [-0.1, -0.05) is 54.6 Å². The lowest BCUT2D eigenvalue weighted by Gasteiger charge is -2.36. The number of amides is 2. The summed E-state index contributed by atoms with van der Waals surface area (Å²) in [6.45, 7) is 1.21. The van der Waals surface area contributed by atoms with E-state index in [4.69, 9.17) is 0 Å². The van der Waals surface area contributed by atoms with Crippen molar-refractivity contribution in [2.75, 3.05) is 35.6 Å². The Hall–Kier alpha value is -5.77. The minimum absolute atomic E-state index is 0.0973. The molecule has 5 aromatic carbocycles.